The summed E-state index contributed by atoms with van der Waals surface area (Å²) < 4.78 is 5.96. The molecule has 0 saturated heterocycles. The van der Waals surface area contributed by atoms with Crippen molar-refractivity contribution in [2.75, 3.05) is 6.61 Å². The molecule has 0 fully saturated rings. The van der Waals surface area contributed by atoms with Gasteiger partial charge in [0.1, 0.15) is 23.3 Å². The number of unbranched alkanes of at least 4 members (excludes halogenated alkanes) is 1. The number of nitrogens with zero attached hydrogens (tertiary/aromatic N) is 1. The van der Waals surface area contributed by atoms with E-state index in [-0.39, 0.29) is 36.9 Å². The molecule has 1 aliphatic rings. The number of halogens is 4. The average Bonchev–Trinajstić information content (AvgIpc) is 3.13. The Labute approximate surface area is 227 Å². The maximum atomic E-state index is 13.3. The fourth-order valence-corrected chi connectivity index (χ4v) is 5.22. The van der Waals surface area contributed by atoms with Gasteiger partial charge in [-0.3, -0.25) is 14.8 Å². The van der Waals surface area contributed by atoms with E-state index in [1.165, 1.54) is 0 Å². The Kier molecular flexibility index (Phi) is 8.25. The molecule has 3 aromatic rings. The molecule has 1 atom stereocenters. The number of benzene rings is 2. The van der Waals surface area contributed by atoms with Crippen LogP contribution < -0.4 is 4.74 Å². The first-order valence-electron chi connectivity index (χ1n) is 11.1. The summed E-state index contributed by atoms with van der Waals surface area (Å²) in [5.41, 5.74) is 1.41. The highest BCUT2D eigenvalue weighted by Gasteiger charge is 2.45. The molecule has 2 aromatic carbocycles. The van der Waals surface area contributed by atoms with E-state index in [2.05, 4.69) is 16.5 Å². The Hall–Kier alpha value is -2.19. The van der Waals surface area contributed by atoms with Crippen LogP contribution in [0.1, 0.15) is 58.5 Å². The van der Waals surface area contributed by atoms with Gasteiger partial charge in [0.25, 0.3) is 0 Å². The van der Waals surface area contributed by atoms with Gasteiger partial charge < -0.3 is 4.74 Å². The molecule has 6 nitrogen and oxygen atoms in total. The fraction of sp³-hybridized carbons (Fsp3) is 0.269. The number of fused-ring (bicyclic) bond motifs is 2. The molecule has 36 heavy (non-hydrogen) atoms. The predicted molar refractivity (Wildman–Crippen MR) is 141 cm³/mol. The molecule has 1 N–H and O–H groups in total. The third-order valence-electron chi connectivity index (χ3n) is 6.08. The molecule has 1 aromatic heterocycles. The van der Waals surface area contributed by atoms with Crippen LogP contribution in [-0.4, -0.2) is 34.5 Å². The van der Waals surface area contributed by atoms with Crippen LogP contribution in [0.5, 0.6) is 5.75 Å². The summed E-state index contributed by atoms with van der Waals surface area (Å²) in [6.07, 6.45) is 1.65. The van der Waals surface area contributed by atoms with Gasteiger partial charge in [-0.25, -0.2) is 9.87 Å². The Morgan fingerprint density at radius 3 is 2.22 bits per heavy atom. The standard InChI is InChI=1S/C26H21Cl4NO5/c1-12(2)15(36-34)7-3-4-11-35-16-8-5-6-13-9-10-14(31-24(13)16)17-25(32)18-19(26(17)33)21(28)23(30)22(29)20(18)27/h5-6,8-10,15,17,34H,1,3-4,7,11H2,2H3. The van der Waals surface area contributed by atoms with Crippen molar-refractivity contribution in [2.45, 2.75) is 38.2 Å². The lowest BCUT2D eigenvalue weighted by molar-refractivity contribution is -0.269. The van der Waals surface area contributed by atoms with E-state index >= 15 is 0 Å². The van der Waals surface area contributed by atoms with Crippen molar-refractivity contribution in [3.63, 3.8) is 0 Å². The van der Waals surface area contributed by atoms with E-state index in [0.717, 1.165) is 17.4 Å². The number of ether oxygens (including phenoxy) is 1. The van der Waals surface area contributed by atoms with Gasteiger partial charge in [0.05, 0.1) is 43.5 Å². The molecule has 0 spiro atoms. The Balaban J connectivity index is 1.58. The average molecular weight is 569 g/mol. The van der Waals surface area contributed by atoms with Crippen molar-refractivity contribution in [3.05, 3.63) is 79.4 Å². The van der Waals surface area contributed by atoms with Gasteiger partial charge >= 0.3 is 0 Å². The monoisotopic (exact) mass is 567 g/mol. The summed E-state index contributed by atoms with van der Waals surface area (Å²) in [7, 11) is 0. The molecular formula is C26H21Cl4NO5. The molecule has 0 amide bonds. The van der Waals surface area contributed by atoms with Gasteiger partial charge in [-0.1, -0.05) is 71.2 Å². The second kappa shape index (κ2) is 11.1. The van der Waals surface area contributed by atoms with Gasteiger partial charge in [0.2, 0.25) is 0 Å². The molecule has 0 saturated carbocycles. The van der Waals surface area contributed by atoms with Crippen LogP contribution in [0, 0.1) is 0 Å². The third kappa shape index (κ3) is 4.86. The van der Waals surface area contributed by atoms with Gasteiger partial charge in [-0.05, 0) is 43.9 Å². The minimum absolute atomic E-state index is 0.0441. The molecule has 1 aliphatic carbocycles. The summed E-state index contributed by atoms with van der Waals surface area (Å²) in [6.45, 7) is 5.98. The van der Waals surface area contributed by atoms with Crippen molar-refractivity contribution >= 4 is 68.9 Å². The smallest absolute Gasteiger partial charge is 0.182 e. The Bertz CT molecular complexity index is 1340. The summed E-state index contributed by atoms with van der Waals surface area (Å²) in [6, 6.07) is 8.85. The van der Waals surface area contributed by atoms with Crippen LogP contribution in [0.4, 0.5) is 0 Å². The van der Waals surface area contributed by atoms with E-state index < -0.39 is 23.6 Å². The molecule has 188 valence electrons. The first kappa shape index (κ1) is 26.9. The van der Waals surface area contributed by atoms with Crippen molar-refractivity contribution in [2.24, 2.45) is 0 Å². The molecule has 0 aliphatic heterocycles. The normalized spacial score (nSPS) is 14.4. The fourth-order valence-electron chi connectivity index (χ4n) is 4.19. The van der Waals surface area contributed by atoms with Crippen LogP contribution >= 0.6 is 46.4 Å². The molecule has 0 radical (unpaired) electrons. The zero-order chi connectivity index (χ0) is 26.1. The quantitative estimate of drug-likeness (QED) is 0.0535. The maximum Gasteiger partial charge on any atom is 0.182 e. The first-order valence-corrected chi connectivity index (χ1v) is 12.6. The summed E-state index contributed by atoms with van der Waals surface area (Å²) >= 11 is 24.8. The second-order valence-electron chi connectivity index (χ2n) is 8.52. The highest BCUT2D eigenvalue weighted by Crippen LogP contribution is 2.48. The van der Waals surface area contributed by atoms with Gasteiger partial charge in [-0.2, -0.15) is 0 Å². The second-order valence-corrected chi connectivity index (χ2v) is 10.0. The number of para-hydroxylation sites is 1. The van der Waals surface area contributed by atoms with E-state index in [9.17, 15) is 9.59 Å². The molecule has 4 rings (SSSR count). The SMILES string of the molecule is C=C(C)C(CCCCOc1cccc2ccc(C3C(=O)c4c(Cl)c(Cl)c(Cl)c(Cl)c4C3=O)nc12)OO. The molecular weight excluding hydrogens is 548 g/mol. The van der Waals surface area contributed by atoms with Crippen LogP contribution in [0.15, 0.2) is 42.5 Å². The van der Waals surface area contributed by atoms with E-state index in [4.69, 9.17) is 56.4 Å². The number of Topliss-reactive ketones (excluding diaryl/α,β-unsaturated/α-hetero) is 2. The van der Waals surface area contributed by atoms with E-state index in [1.807, 2.05) is 12.1 Å². The molecule has 0 bridgehead atoms. The Morgan fingerprint density at radius 2 is 1.64 bits per heavy atom. The van der Waals surface area contributed by atoms with Crippen molar-refractivity contribution in [1.82, 2.24) is 4.98 Å². The zero-order valence-corrected chi connectivity index (χ0v) is 22.1. The molecule has 1 unspecified atom stereocenters. The molecule has 1 heterocycles. The number of pyridine rings is 1. The number of carbonyl (C=O) groups excluding carboxylic acids is 2. The number of aromatic nitrogens is 1. The number of carbonyl (C=O) groups is 2. The van der Waals surface area contributed by atoms with Crippen molar-refractivity contribution < 1.29 is 24.5 Å². The lowest BCUT2D eigenvalue weighted by Gasteiger charge is -2.14. The number of hydrogen-bond acceptors (Lipinski definition) is 6. The van der Waals surface area contributed by atoms with Gasteiger partial charge in [0.15, 0.2) is 11.6 Å². The first-order chi connectivity index (χ1) is 17.2. The summed E-state index contributed by atoms with van der Waals surface area (Å²) in [5.74, 6) is -1.78. The van der Waals surface area contributed by atoms with Crippen LogP contribution in [0.25, 0.3) is 10.9 Å². The Morgan fingerprint density at radius 1 is 1.00 bits per heavy atom. The van der Waals surface area contributed by atoms with Crippen molar-refractivity contribution in [1.29, 1.82) is 0 Å². The minimum atomic E-state index is -1.22. The lowest BCUT2D eigenvalue weighted by atomic mass is 9.98. The van der Waals surface area contributed by atoms with Crippen LogP contribution in [-0.2, 0) is 4.89 Å². The van der Waals surface area contributed by atoms with Crippen LogP contribution in [0.3, 0.4) is 0 Å². The van der Waals surface area contributed by atoms with Gasteiger partial charge in [-0.15, -0.1) is 0 Å². The maximum absolute atomic E-state index is 13.3. The van der Waals surface area contributed by atoms with Crippen LogP contribution in [0.2, 0.25) is 20.1 Å². The number of rotatable bonds is 9. The largest absolute Gasteiger partial charge is 0.491 e. The van der Waals surface area contributed by atoms with E-state index in [1.54, 1.807) is 25.1 Å². The highest BCUT2D eigenvalue weighted by molar-refractivity contribution is 6.55. The molecule has 10 heteroatoms. The van der Waals surface area contributed by atoms with E-state index in [0.29, 0.717) is 30.7 Å². The summed E-state index contributed by atoms with van der Waals surface area (Å²) in [5, 5.41) is 9.36. The predicted octanol–water partition coefficient (Wildman–Crippen LogP) is 7.99. The highest BCUT2D eigenvalue weighted by atomic mass is 35.5. The van der Waals surface area contributed by atoms with Gasteiger partial charge in [0, 0.05) is 5.39 Å². The summed E-state index contributed by atoms with van der Waals surface area (Å²) in [4.78, 5) is 35.6. The lowest BCUT2D eigenvalue weighted by Crippen LogP contribution is -2.15. The zero-order valence-electron chi connectivity index (χ0n) is 19.1. The number of hydrogen-bond donors (Lipinski definition) is 1. The number of ketones is 2. The topological polar surface area (TPSA) is 85.7 Å². The minimum Gasteiger partial charge on any atom is -0.491 e. The third-order valence-corrected chi connectivity index (χ3v) is 7.88. The van der Waals surface area contributed by atoms with Crippen molar-refractivity contribution in [3.8, 4) is 5.75 Å².